The number of nitrogens with one attached hydrogen (secondary N) is 1. The summed E-state index contributed by atoms with van der Waals surface area (Å²) in [6.07, 6.45) is 2.03. The highest BCUT2D eigenvalue weighted by Gasteiger charge is 2.18. The highest BCUT2D eigenvalue weighted by atomic mass is 16.6. The molecule has 0 aliphatic carbocycles. The highest BCUT2D eigenvalue weighted by molar-refractivity contribution is 6.03. The Morgan fingerprint density at radius 3 is 2.68 bits per heavy atom. The zero-order valence-corrected chi connectivity index (χ0v) is 17.8. The van der Waals surface area contributed by atoms with E-state index in [2.05, 4.69) is 25.3 Å². The molecule has 1 saturated heterocycles. The number of primary amides is 1. The Morgan fingerprint density at radius 1 is 1.06 bits per heavy atom. The zero-order chi connectivity index (χ0) is 23.5. The molecule has 1 fully saturated rings. The van der Waals surface area contributed by atoms with Crippen molar-refractivity contribution >= 4 is 34.9 Å². The number of aromatic nitrogens is 4. The van der Waals surface area contributed by atoms with Crippen LogP contribution in [0, 0.1) is 0 Å². The molecule has 0 unspecified atom stereocenters. The van der Waals surface area contributed by atoms with Crippen molar-refractivity contribution < 1.29 is 23.5 Å². The molecule has 3 N–H and O–H groups in total. The summed E-state index contributed by atoms with van der Waals surface area (Å²) in [5.41, 5.74) is 7.69. The average molecular weight is 461 g/mol. The maximum atomic E-state index is 12.8. The molecule has 0 radical (unpaired) electrons. The molecule has 12 heteroatoms. The number of carbonyl (C=O) groups excluding carboxylic acids is 2. The first-order valence-corrected chi connectivity index (χ1v) is 10.4. The van der Waals surface area contributed by atoms with E-state index in [1.165, 1.54) is 18.5 Å². The van der Waals surface area contributed by atoms with E-state index in [-0.39, 0.29) is 11.6 Å². The predicted octanol–water partition coefficient (Wildman–Crippen LogP) is 2.23. The van der Waals surface area contributed by atoms with Gasteiger partial charge in [-0.3, -0.25) is 4.79 Å². The Hall–Kier alpha value is -4.58. The third kappa shape index (κ3) is 4.61. The lowest BCUT2D eigenvalue weighted by molar-refractivity contribution is 0.102. The Bertz CT molecular complexity index is 1350. The SMILES string of the molecule is NC(=O)Oc1ccc(-c2cccc(C(=O)Nc3cnc4nc(N5CCOCC5)oc4c3)n2)cn1. The molecule has 0 spiro atoms. The Labute approximate surface area is 192 Å². The number of amides is 2. The van der Waals surface area contributed by atoms with Crippen molar-refractivity contribution in [2.45, 2.75) is 0 Å². The summed E-state index contributed by atoms with van der Waals surface area (Å²) in [4.78, 5) is 42.7. The molecule has 1 aliphatic heterocycles. The number of nitrogens with two attached hydrogens (primary N) is 1. The van der Waals surface area contributed by atoms with E-state index in [0.29, 0.717) is 60.5 Å². The van der Waals surface area contributed by atoms with Crippen LogP contribution in [0.2, 0.25) is 0 Å². The van der Waals surface area contributed by atoms with Gasteiger partial charge in [0.1, 0.15) is 5.69 Å². The van der Waals surface area contributed by atoms with Crippen LogP contribution in [-0.2, 0) is 4.74 Å². The number of carbonyl (C=O) groups is 2. The van der Waals surface area contributed by atoms with Crippen LogP contribution in [0.5, 0.6) is 5.88 Å². The lowest BCUT2D eigenvalue weighted by Gasteiger charge is -2.24. The van der Waals surface area contributed by atoms with Crippen LogP contribution in [0.15, 0.2) is 53.2 Å². The van der Waals surface area contributed by atoms with Crippen LogP contribution in [0.4, 0.5) is 16.5 Å². The van der Waals surface area contributed by atoms with E-state index in [1.54, 1.807) is 30.3 Å². The maximum Gasteiger partial charge on any atom is 0.411 e. The van der Waals surface area contributed by atoms with Crippen molar-refractivity contribution in [2.75, 3.05) is 36.5 Å². The molecule has 5 heterocycles. The normalized spacial score (nSPS) is 13.6. The number of oxazole rings is 1. The molecule has 0 aromatic carbocycles. The number of nitrogens with zero attached hydrogens (tertiary/aromatic N) is 5. The first-order chi connectivity index (χ1) is 16.5. The van der Waals surface area contributed by atoms with E-state index in [1.807, 2.05) is 4.90 Å². The Kier molecular flexibility index (Phi) is 5.70. The molecule has 4 aromatic heterocycles. The van der Waals surface area contributed by atoms with Gasteiger partial charge in [0.15, 0.2) is 5.58 Å². The summed E-state index contributed by atoms with van der Waals surface area (Å²) in [5.74, 6) is -0.352. The molecule has 1 aliphatic rings. The van der Waals surface area contributed by atoms with E-state index < -0.39 is 12.0 Å². The van der Waals surface area contributed by atoms with Crippen LogP contribution < -0.4 is 20.7 Å². The second-order valence-corrected chi connectivity index (χ2v) is 7.31. The van der Waals surface area contributed by atoms with Crippen LogP contribution in [0.25, 0.3) is 22.5 Å². The third-order valence-electron chi connectivity index (χ3n) is 4.99. The fourth-order valence-corrected chi connectivity index (χ4v) is 3.38. The molecule has 12 nitrogen and oxygen atoms in total. The fourth-order valence-electron chi connectivity index (χ4n) is 3.38. The van der Waals surface area contributed by atoms with Gasteiger partial charge < -0.3 is 29.8 Å². The summed E-state index contributed by atoms with van der Waals surface area (Å²) < 4.78 is 15.9. The van der Waals surface area contributed by atoms with E-state index >= 15 is 0 Å². The van der Waals surface area contributed by atoms with Gasteiger partial charge in [-0.05, 0) is 18.2 Å². The average Bonchev–Trinajstić information content (AvgIpc) is 3.28. The molecule has 4 aromatic rings. The summed E-state index contributed by atoms with van der Waals surface area (Å²) >= 11 is 0. The number of fused-ring (bicyclic) bond motifs is 1. The van der Waals surface area contributed by atoms with Crippen molar-refractivity contribution in [3.63, 3.8) is 0 Å². The van der Waals surface area contributed by atoms with Crippen LogP contribution in [0.3, 0.4) is 0 Å². The predicted molar refractivity (Wildman–Crippen MR) is 120 cm³/mol. The molecule has 0 bridgehead atoms. The number of anilines is 2. The van der Waals surface area contributed by atoms with Crippen molar-refractivity contribution in [1.82, 2.24) is 19.9 Å². The first-order valence-electron chi connectivity index (χ1n) is 10.4. The van der Waals surface area contributed by atoms with Crippen LogP contribution >= 0.6 is 0 Å². The van der Waals surface area contributed by atoms with E-state index in [0.717, 1.165) is 0 Å². The minimum atomic E-state index is -0.952. The quantitative estimate of drug-likeness (QED) is 0.451. The number of rotatable bonds is 5. The first kappa shape index (κ1) is 21.3. The number of morpholine rings is 1. The fraction of sp³-hybridized carbons (Fsp3) is 0.182. The van der Waals surface area contributed by atoms with Gasteiger partial charge in [0.25, 0.3) is 11.9 Å². The highest BCUT2D eigenvalue weighted by Crippen LogP contribution is 2.24. The van der Waals surface area contributed by atoms with Crippen molar-refractivity contribution in [3.05, 3.63) is 54.5 Å². The second kappa shape index (κ2) is 9.11. The zero-order valence-electron chi connectivity index (χ0n) is 17.8. The van der Waals surface area contributed by atoms with Gasteiger partial charge in [0.05, 0.1) is 30.8 Å². The summed E-state index contributed by atoms with van der Waals surface area (Å²) in [6.45, 7) is 2.60. The number of hydrogen-bond acceptors (Lipinski definition) is 10. The molecule has 5 rings (SSSR count). The minimum absolute atomic E-state index is 0.0669. The Morgan fingerprint density at radius 2 is 1.91 bits per heavy atom. The number of hydrogen-bond donors (Lipinski definition) is 2. The van der Waals surface area contributed by atoms with E-state index in [4.69, 9.17) is 19.6 Å². The lowest BCUT2D eigenvalue weighted by Crippen LogP contribution is -2.36. The van der Waals surface area contributed by atoms with Gasteiger partial charge in [0, 0.05) is 37.0 Å². The van der Waals surface area contributed by atoms with Gasteiger partial charge in [0.2, 0.25) is 11.5 Å². The van der Waals surface area contributed by atoms with Gasteiger partial charge in [-0.1, -0.05) is 6.07 Å². The lowest BCUT2D eigenvalue weighted by atomic mass is 10.2. The van der Waals surface area contributed by atoms with Crippen molar-refractivity contribution in [2.24, 2.45) is 5.73 Å². The number of pyridine rings is 3. The maximum absolute atomic E-state index is 12.8. The molecule has 34 heavy (non-hydrogen) atoms. The molecular formula is C22H19N7O5. The topological polar surface area (TPSA) is 159 Å². The molecule has 0 atom stereocenters. The standard InChI is InChI=1S/C22H19N7O5/c23-21(31)34-18-5-4-13(11-24-18)15-2-1-3-16(27-15)20(30)26-14-10-17-19(25-12-14)28-22(33-17)29-6-8-32-9-7-29/h1-5,10-12H,6-9H2,(H2,23,31)(H,26,30). The summed E-state index contributed by atoms with van der Waals surface area (Å²) in [6, 6.07) is 10.3. The van der Waals surface area contributed by atoms with Gasteiger partial charge in [-0.2, -0.15) is 4.98 Å². The monoisotopic (exact) mass is 461 g/mol. The van der Waals surface area contributed by atoms with Crippen LogP contribution in [0.1, 0.15) is 10.5 Å². The number of ether oxygens (including phenoxy) is 2. The molecule has 172 valence electrons. The van der Waals surface area contributed by atoms with Crippen molar-refractivity contribution in [1.29, 1.82) is 0 Å². The molecule has 2 amide bonds. The van der Waals surface area contributed by atoms with Crippen LogP contribution in [-0.4, -0.2) is 58.2 Å². The third-order valence-corrected chi connectivity index (χ3v) is 4.99. The molecule has 0 saturated carbocycles. The minimum Gasteiger partial charge on any atom is -0.422 e. The van der Waals surface area contributed by atoms with Gasteiger partial charge >= 0.3 is 6.09 Å². The van der Waals surface area contributed by atoms with Crippen molar-refractivity contribution in [3.8, 4) is 17.1 Å². The van der Waals surface area contributed by atoms with Gasteiger partial charge in [-0.25, -0.2) is 19.7 Å². The summed E-state index contributed by atoms with van der Waals surface area (Å²) in [5, 5.41) is 2.78. The van der Waals surface area contributed by atoms with E-state index in [9.17, 15) is 9.59 Å². The Balaban J connectivity index is 1.31. The largest absolute Gasteiger partial charge is 0.422 e. The molecular weight excluding hydrogens is 442 g/mol. The second-order valence-electron chi connectivity index (χ2n) is 7.31. The van der Waals surface area contributed by atoms with Gasteiger partial charge in [-0.15, -0.1) is 0 Å². The summed E-state index contributed by atoms with van der Waals surface area (Å²) in [7, 11) is 0. The smallest absolute Gasteiger partial charge is 0.411 e.